The number of piperidine rings is 1. The lowest BCUT2D eigenvalue weighted by atomic mass is 9.73. The molecule has 1 fully saturated rings. The largest absolute Gasteiger partial charge is 0.369 e. The molecule has 1 aliphatic rings. The number of nitrogens with zero attached hydrogens (tertiary/aromatic N) is 1. The molecular formula is C10H21ClN2O. The first-order valence-corrected chi connectivity index (χ1v) is 4.88. The van der Waals surface area contributed by atoms with Crippen LogP contribution in [0.2, 0.25) is 0 Å². The van der Waals surface area contributed by atoms with E-state index in [1.165, 1.54) is 0 Å². The van der Waals surface area contributed by atoms with Crippen molar-refractivity contribution in [2.45, 2.75) is 32.7 Å². The van der Waals surface area contributed by atoms with Gasteiger partial charge in [-0.2, -0.15) is 0 Å². The summed E-state index contributed by atoms with van der Waals surface area (Å²) in [5.74, 6) is 0.239. The van der Waals surface area contributed by atoms with E-state index >= 15 is 0 Å². The smallest absolute Gasteiger partial charge is 0.220 e. The van der Waals surface area contributed by atoms with Crippen LogP contribution in [0.1, 0.15) is 27.2 Å². The van der Waals surface area contributed by atoms with E-state index in [1.807, 2.05) is 0 Å². The van der Waals surface area contributed by atoms with Crippen molar-refractivity contribution in [3.05, 3.63) is 0 Å². The van der Waals surface area contributed by atoms with E-state index in [-0.39, 0.29) is 29.8 Å². The van der Waals surface area contributed by atoms with E-state index in [1.54, 1.807) is 0 Å². The SMILES string of the molecule is CC1C(C(N)=O)CCN(C)C1(C)C.Cl. The number of likely N-dealkylation sites (tertiary alicyclic amines) is 1. The molecule has 1 amide bonds. The summed E-state index contributed by atoms with van der Waals surface area (Å²) >= 11 is 0. The normalized spacial score (nSPS) is 32.0. The van der Waals surface area contributed by atoms with Gasteiger partial charge in [0.1, 0.15) is 0 Å². The summed E-state index contributed by atoms with van der Waals surface area (Å²) in [4.78, 5) is 13.5. The summed E-state index contributed by atoms with van der Waals surface area (Å²) in [6, 6.07) is 0. The van der Waals surface area contributed by atoms with Gasteiger partial charge in [-0.15, -0.1) is 12.4 Å². The molecule has 1 aliphatic heterocycles. The van der Waals surface area contributed by atoms with Gasteiger partial charge in [-0.1, -0.05) is 6.92 Å². The molecule has 1 rings (SSSR count). The lowest BCUT2D eigenvalue weighted by Crippen LogP contribution is -2.55. The van der Waals surface area contributed by atoms with Crippen molar-refractivity contribution in [3.63, 3.8) is 0 Å². The number of nitrogens with two attached hydrogens (primary N) is 1. The Morgan fingerprint density at radius 1 is 1.50 bits per heavy atom. The van der Waals surface area contributed by atoms with Gasteiger partial charge in [0, 0.05) is 11.5 Å². The second-order valence-electron chi connectivity index (χ2n) is 4.66. The fourth-order valence-electron chi connectivity index (χ4n) is 2.10. The lowest BCUT2D eigenvalue weighted by Gasteiger charge is -2.48. The highest BCUT2D eigenvalue weighted by molar-refractivity contribution is 5.85. The number of carbonyl (C=O) groups is 1. The molecule has 0 bridgehead atoms. The van der Waals surface area contributed by atoms with Crippen LogP contribution < -0.4 is 5.73 Å². The average molecular weight is 221 g/mol. The van der Waals surface area contributed by atoms with Crippen molar-refractivity contribution in [1.82, 2.24) is 4.90 Å². The Kier molecular flexibility index (Phi) is 4.40. The monoisotopic (exact) mass is 220 g/mol. The van der Waals surface area contributed by atoms with Gasteiger partial charge < -0.3 is 10.6 Å². The standard InChI is InChI=1S/C10H20N2O.ClH/c1-7-8(9(11)13)5-6-12(4)10(7,2)3;/h7-8H,5-6H2,1-4H3,(H2,11,13);1H. The van der Waals surface area contributed by atoms with Crippen LogP contribution >= 0.6 is 12.4 Å². The van der Waals surface area contributed by atoms with Crippen LogP contribution in [0.4, 0.5) is 0 Å². The molecule has 0 saturated carbocycles. The maximum Gasteiger partial charge on any atom is 0.220 e. The first-order valence-electron chi connectivity index (χ1n) is 4.88. The highest BCUT2D eigenvalue weighted by Gasteiger charge is 2.41. The third kappa shape index (κ3) is 2.20. The molecule has 0 aromatic carbocycles. The van der Waals surface area contributed by atoms with Gasteiger partial charge >= 0.3 is 0 Å². The molecule has 2 atom stereocenters. The van der Waals surface area contributed by atoms with Crippen molar-refractivity contribution in [1.29, 1.82) is 0 Å². The molecule has 14 heavy (non-hydrogen) atoms. The minimum absolute atomic E-state index is 0. The molecule has 2 N–H and O–H groups in total. The zero-order valence-corrected chi connectivity index (χ0v) is 10.2. The number of carbonyl (C=O) groups excluding carboxylic acids is 1. The van der Waals surface area contributed by atoms with Crippen molar-refractivity contribution in [2.24, 2.45) is 17.6 Å². The fraction of sp³-hybridized carbons (Fsp3) is 0.900. The molecule has 4 heteroatoms. The van der Waals surface area contributed by atoms with Gasteiger partial charge in [0.25, 0.3) is 0 Å². The highest BCUT2D eigenvalue weighted by Crippen LogP contribution is 2.35. The number of hydrogen-bond acceptors (Lipinski definition) is 2. The quantitative estimate of drug-likeness (QED) is 0.723. The van der Waals surface area contributed by atoms with Crippen LogP contribution in [0.5, 0.6) is 0 Å². The first kappa shape index (κ1) is 13.7. The van der Waals surface area contributed by atoms with E-state index in [9.17, 15) is 4.79 Å². The van der Waals surface area contributed by atoms with Crippen LogP contribution in [0, 0.1) is 11.8 Å². The second kappa shape index (κ2) is 4.49. The van der Waals surface area contributed by atoms with Gasteiger partial charge in [0.05, 0.1) is 0 Å². The third-order valence-corrected chi connectivity index (χ3v) is 3.84. The van der Waals surface area contributed by atoms with E-state index in [2.05, 4.69) is 32.7 Å². The molecule has 0 aromatic heterocycles. The molecular weight excluding hydrogens is 200 g/mol. The van der Waals surface area contributed by atoms with Gasteiger partial charge in [-0.3, -0.25) is 4.79 Å². The summed E-state index contributed by atoms with van der Waals surface area (Å²) in [6.45, 7) is 7.43. The van der Waals surface area contributed by atoms with Crippen LogP contribution in [0.25, 0.3) is 0 Å². The Balaban J connectivity index is 0.00000169. The summed E-state index contributed by atoms with van der Waals surface area (Å²) in [7, 11) is 2.10. The van der Waals surface area contributed by atoms with Crippen molar-refractivity contribution in [3.8, 4) is 0 Å². The number of primary amides is 1. The summed E-state index contributed by atoms with van der Waals surface area (Å²) in [5, 5.41) is 0. The Hall–Kier alpha value is -0.280. The maximum atomic E-state index is 11.2. The predicted molar refractivity (Wildman–Crippen MR) is 60.4 cm³/mol. The average Bonchev–Trinajstić information content (AvgIpc) is 2.01. The molecule has 1 heterocycles. The molecule has 0 spiro atoms. The number of amides is 1. The third-order valence-electron chi connectivity index (χ3n) is 3.84. The minimum Gasteiger partial charge on any atom is -0.369 e. The van der Waals surface area contributed by atoms with Crippen LogP contribution in [-0.4, -0.2) is 29.9 Å². The minimum atomic E-state index is -0.145. The number of rotatable bonds is 1. The number of hydrogen-bond donors (Lipinski definition) is 1. The highest BCUT2D eigenvalue weighted by atomic mass is 35.5. The molecule has 1 saturated heterocycles. The van der Waals surface area contributed by atoms with Crippen molar-refractivity contribution in [2.75, 3.05) is 13.6 Å². The molecule has 3 nitrogen and oxygen atoms in total. The topological polar surface area (TPSA) is 46.3 Å². The molecule has 2 unspecified atom stereocenters. The fourth-order valence-corrected chi connectivity index (χ4v) is 2.10. The van der Waals surface area contributed by atoms with E-state index < -0.39 is 0 Å². The first-order chi connectivity index (χ1) is 5.87. The Bertz CT molecular complexity index is 218. The maximum absolute atomic E-state index is 11.2. The van der Waals surface area contributed by atoms with Gasteiger partial charge in [0.2, 0.25) is 5.91 Å². The number of halogens is 1. The van der Waals surface area contributed by atoms with Gasteiger partial charge in [0.15, 0.2) is 0 Å². The Labute approximate surface area is 92.4 Å². The van der Waals surface area contributed by atoms with Gasteiger partial charge in [-0.25, -0.2) is 0 Å². The van der Waals surface area contributed by atoms with E-state index in [0.29, 0.717) is 5.92 Å². The summed E-state index contributed by atoms with van der Waals surface area (Å²) < 4.78 is 0. The van der Waals surface area contributed by atoms with Crippen LogP contribution in [0.15, 0.2) is 0 Å². The zero-order valence-electron chi connectivity index (χ0n) is 9.41. The van der Waals surface area contributed by atoms with Crippen molar-refractivity contribution < 1.29 is 4.79 Å². The van der Waals surface area contributed by atoms with Gasteiger partial charge in [-0.05, 0) is 39.8 Å². The summed E-state index contributed by atoms with van der Waals surface area (Å²) in [6.07, 6.45) is 0.899. The van der Waals surface area contributed by atoms with Crippen molar-refractivity contribution >= 4 is 18.3 Å². The lowest BCUT2D eigenvalue weighted by molar-refractivity contribution is -0.128. The van der Waals surface area contributed by atoms with E-state index in [4.69, 9.17) is 5.73 Å². The van der Waals surface area contributed by atoms with E-state index in [0.717, 1.165) is 13.0 Å². The molecule has 0 aromatic rings. The predicted octanol–water partition coefficient (Wildman–Crippen LogP) is 1.26. The van der Waals surface area contributed by atoms with Crippen LogP contribution in [0.3, 0.4) is 0 Å². The van der Waals surface area contributed by atoms with Crippen LogP contribution in [-0.2, 0) is 4.79 Å². The zero-order chi connectivity index (χ0) is 10.2. The Morgan fingerprint density at radius 3 is 2.43 bits per heavy atom. The molecule has 0 aliphatic carbocycles. The second-order valence-corrected chi connectivity index (χ2v) is 4.66. The molecule has 0 radical (unpaired) electrons. The molecule has 84 valence electrons. The summed E-state index contributed by atoms with van der Waals surface area (Å²) in [5.41, 5.74) is 5.45. The Morgan fingerprint density at radius 2 is 2.00 bits per heavy atom.